The molecular weight excluding hydrogens is 429 g/mol. The third kappa shape index (κ3) is 4.72. The van der Waals surface area contributed by atoms with E-state index in [1.54, 1.807) is 6.92 Å². The second-order valence-electron chi connectivity index (χ2n) is 6.73. The average molecular weight is 448 g/mol. The first-order valence-electron chi connectivity index (χ1n) is 9.49. The molecule has 2 aromatic rings. The van der Waals surface area contributed by atoms with Crippen LogP contribution in [-0.4, -0.2) is 12.6 Å². The van der Waals surface area contributed by atoms with Crippen LogP contribution in [0.15, 0.2) is 63.6 Å². The number of hydrogen-bond donors (Lipinski definition) is 1. The van der Waals surface area contributed by atoms with E-state index in [9.17, 15) is 23.2 Å². The number of nitrogens with two attached hydrogens (primary N) is 1. The summed E-state index contributed by atoms with van der Waals surface area (Å²) in [6.07, 6.45) is -4.49. The van der Waals surface area contributed by atoms with E-state index < -0.39 is 23.6 Å². The molecule has 1 aliphatic rings. The lowest BCUT2D eigenvalue weighted by Crippen LogP contribution is -2.25. The molecule has 0 radical (unpaired) electrons. The average Bonchev–Trinajstić information content (AvgIpc) is 3.20. The molecule has 0 fully saturated rings. The molecule has 0 spiro atoms. The van der Waals surface area contributed by atoms with Crippen molar-refractivity contribution in [2.75, 3.05) is 6.61 Å². The van der Waals surface area contributed by atoms with Crippen molar-refractivity contribution < 1.29 is 36.6 Å². The summed E-state index contributed by atoms with van der Waals surface area (Å²) in [4.78, 5) is 12.5. The lowest BCUT2D eigenvalue weighted by molar-refractivity contribution is -0.139. The number of nitrogens with zero attached hydrogens (tertiary/aromatic N) is 1. The van der Waals surface area contributed by atoms with Crippen LogP contribution in [0.1, 0.15) is 36.8 Å². The molecule has 1 atom stereocenters. The maximum Gasteiger partial charge on any atom is 0.416 e. The van der Waals surface area contributed by atoms with E-state index in [2.05, 4.69) is 0 Å². The van der Waals surface area contributed by atoms with E-state index in [0.29, 0.717) is 0 Å². The number of rotatable bonds is 6. The number of ether oxygens (including phenoxy) is 3. The van der Waals surface area contributed by atoms with Crippen molar-refractivity contribution in [1.82, 2.24) is 0 Å². The van der Waals surface area contributed by atoms with Gasteiger partial charge in [-0.15, -0.1) is 0 Å². The summed E-state index contributed by atoms with van der Waals surface area (Å²) in [5.41, 5.74) is 5.03. The van der Waals surface area contributed by atoms with E-state index in [1.165, 1.54) is 31.2 Å². The molecule has 1 aromatic carbocycles. The van der Waals surface area contributed by atoms with E-state index in [4.69, 9.17) is 24.4 Å². The molecule has 0 saturated carbocycles. The third-order valence-electron chi connectivity index (χ3n) is 4.61. The molecule has 1 aromatic heterocycles. The predicted molar refractivity (Wildman–Crippen MR) is 104 cm³/mol. The van der Waals surface area contributed by atoms with Crippen molar-refractivity contribution in [3.63, 3.8) is 0 Å². The quantitative estimate of drug-likeness (QED) is 0.647. The zero-order chi connectivity index (χ0) is 23.5. The van der Waals surface area contributed by atoms with Crippen LogP contribution in [0.4, 0.5) is 13.2 Å². The molecule has 32 heavy (non-hydrogen) atoms. The number of allylic oxidation sites excluding steroid dienone is 2. The number of carbonyl (C=O) groups is 1. The highest BCUT2D eigenvalue weighted by Crippen LogP contribution is 2.40. The van der Waals surface area contributed by atoms with Gasteiger partial charge in [0.15, 0.2) is 0 Å². The Morgan fingerprint density at radius 1 is 1.28 bits per heavy atom. The zero-order valence-electron chi connectivity index (χ0n) is 17.2. The van der Waals surface area contributed by atoms with Crippen molar-refractivity contribution in [3.05, 3.63) is 76.3 Å². The molecule has 0 aliphatic carbocycles. The first-order chi connectivity index (χ1) is 15.2. The second-order valence-corrected chi connectivity index (χ2v) is 6.73. The number of nitriles is 1. The lowest BCUT2D eigenvalue weighted by Gasteiger charge is -2.25. The molecule has 1 unspecified atom stereocenters. The maximum absolute atomic E-state index is 12.9. The summed E-state index contributed by atoms with van der Waals surface area (Å²) >= 11 is 0. The molecule has 2 heterocycles. The van der Waals surface area contributed by atoms with Gasteiger partial charge in [-0.2, -0.15) is 18.4 Å². The largest absolute Gasteiger partial charge is 0.486 e. The fourth-order valence-electron chi connectivity index (χ4n) is 3.18. The summed E-state index contributed by atoms with van der Waals surface area (Å²) in [6.45, 7) is 3.08. The highest BCUT2D eigenvalue weighted by molar-refractivity contribution is 5.92. The smallest absolute Gasteiger partial charge is 0.416 e. The van der Waals surface area contributed by atoms with Crippen LogP contribution in [-0.2, 0) is 27.1 Å². The van der Waals surface area contributed by atoms with E-state index in [0.717, 1.165) is 12.1 Å². The Hall–Kier alpha value is -3.87. The minimum Gasteiger partial charge on any atom is -0.486 e. The Bertz CT molecular complexity index is 1130. The van der Waals surface area contributed by atoms with Crippen LogP contribution >= 0.6 is 0 Å². The number of furan rings is 1. The van der Waals surface area contributed by atoms with Crippen molar-refractivity contribution >= 4 is 5.97 Å². The van der Waals surface area contributed by atoms with Crippen molar-refractivity contribution in [1.29, 1.82) is 5.26 Å². The van der Waals surface area contributed by atoms with Crippen molar-refractivity contribution in [3.8, 4) is 11.8 Å². The summed E-state index contributed by atoms with van der Waals surface area (Å²) in [6, 6.07) is 9.43. The summed E-state index contributed by atoms with van der Waals surface area (Å²) in [5.74, 6) is -1.17. The lowest BCUT2D eigenvalue weighted by atomic mass is 9.87. The van der Waals surface area contributed by atoms with Crippen LogP contribution in [0, 0.1) is 11.3 Å². The highest BCUT2D eigenvalue weighted by Gasteiger charge is 2.38. The van der Waals surface area contributed by atoms with Gasteiger partial charge in [0.25, 0.3) is 0 Å². The van der Waals surface area contributed by atoms with Gasteiger partial charge in [-0.3, -0.25) is 0 Å². The molecule has 2 N–H and O–H groups in total. The Labute approximate surface area is 181 Å². The molecule has 3 rings (SSSR count). The van der Waals surface area contributed by atoms with Crippen molar-refractivity contribution in [2.24, 2.45) is 5.73 Å². The van der Waals surface area contributed by atoms with Crippen LogP contribution in [0.3, 0.4) is 0 Å². The molecule has 168 valence electrons. The maximum atomic E-state index is 12.9. The van der Waals surface area contributed by atoms with Gasteiger partial charge in [0, 0.05) is 0 Å². The van der Waals surface area contributed by atoms with Gasteiger partial charge in [0.05, 0.1) is 23.7 Å². The molecule has 7 nitrogen and oxygen atoms in total. The number of benzene rings is 1. The monoisotopic (exact) mass is 448 g/mol. The molecule has 0 bridgehead atoms. The first-order valence-corrected chi connectivity index (χ1v) is 9.49. The number of hydrogen-bond acceptors (Lipinski definition) is 7. The van der Waals surface area contributed by atoms with Gasteiger partial charge in [-0.1, -0.05) is 6.07 Å². The number of halogens is 3. The topological polar surface area (TPSA) is 108 Å². The van der Waals surface area contributed by atoms with Crippen LogP contribution in [0.2, 0.25) is 0 Å². The minimum atomic E-state index is -4.49. The summed E-state index contributed by atoms with van der Waals surface area (Å²) in [7, 11) is 0. The van der Waals surface area contributed by atoms with Gasteiger partial charge >= 0.3 is 12.1 Å². The fraction of sp³-hybridized carbons (Fsp3) is 0.273. The summed E-state index contributed by atoms with van der Waals surface area (Å²) in [5, 5.41) is 9.56. The fourth-order valence-corrected chi connectivity index (χ4v) is 3.18. The van der Waals surface area contributed by atoms with E-state index in [-0.39, 0.29) is 53.3 Å². The minimum absolute atomic E-state index is 0.00801. The van der Waals surface area contributed by atoms with Crippen LogP contribution in [0.25, 0.3) is 0 Å². The molecule has 0 saturated heterocycles. The van der Waals surface area contributed by atoms with Gasteiger partial charge in [-0.05, 0) is 44.2 Å². The summed E-state index contributed by atoms with van der Waals surface area (Å²) < 4.78 is 60.1. The standard InChI is InChI=1S/C22H19F3N2O5/c1-3-29-21(28)18-12(2)31-20(27)16(10-26)19(18)17-8-7-15(32-17)11-30-14-6-4-5-13(9-14)22(23,24)25/h4-9,19H,3,11,27H2,1-2H3. The van der Waals surface area contributed by atoms with Crippen molar-refractivity contribution in [2.45, 2.75) is 32.5 Å². The zero-order valence-corrected chi connectivity index (χ0v) is 17.2. The third-order valence-corrected chi connectivity index (χ3v) is 4.61. The Kier molecular flexibility index (Phi) is 6.48. The highest BCUT2D eigenvalue weighted by atomic mass is 19.4. The Morgan fingerprint density at radius 3 is 2.69 bits per heavy atom. The van der Waals surface area contributed by atoms with E-state index >= 15 is 0 Å². The Morgan fingerprint density at radius 2 is 2.03 bits per heavy atom. The normalized spacial score (nSPS) is 16.4. The molecular formula is C22H19F3N2O5. The second kappa shape index (κ2) is 9.09. The number of alkyl halides is 3. The van der Waals surface area contributed by atoms with Gasteiger partial charge < -0.3 is 24.4 Å². The van der Waals surface area contributed by atoms with Gasteiger partial charge in [0.2, 0.25) is 5.88 Å². The van der Waals surface area contributed by atoms with Gasteiger partial charge in [0.1, 0.15) is 41.3 Å². The molecule has 1 aliphatic heterocycles. The van der Waals surface area contributed by atoms with E-state index in [1.807, 2.05) is 6.07 Å². The van der Waals surface area contributed by atoms with Crippen LogP contribution < -0.4 is 10.5 Å². The number of carbonyl (C=O) groups excluding carboxylic acids is 1. The number of esters is 1. The first kappa shape index (κ1) is 22.8. The molecule has 10 heteroatoms. The molecule has 0 amide bonds. The SMILES string of the molecule is CCOC(=O)C1=C(C)OC(N)=C(C#N)C1c1ccc(COc2cccc(C(F)(F)F)c2)o1. The van der Waals surface area contributed by atoms with Crippen LogP contribution in [0.5, 0.6) is 5.75 Å². The predicted octanol–water partition coefficient (Wildman–Crippen LogP) is 4.52. The Balaban J connectivity index is 1.86. The van der Waals surface area contributed by atoms with Gasteiger partial charge in [-0.25, -0.2) is 4.79 Å².